The number of rotatable bonds is 4. The van der Waals surface area contributed by atoms with Gasteiger partial charge in [0.25, 0.3) is 0 Å². The summed E-state index contributed by atoms with van der Waals surface area (Å²) in [5.74, 6) is -1.92. The number of nitrogens with zero attached hydrogens (tertiary/aromatic N) is 2. The number of amides is 1. The van der Waals surface area contributed by atoms with Crippen LogP contribution >= 0.6 is 0 Å². The van der Waals surface area contributed by atoms with E-state index in [1.807, 2.05) is 35.0 Å². The molecule has 1 amide bonds. The van der Waals surface area contributed by atoms with Gasteiger partial charge in [-0.3, -0.25) is 4.79 Å². The number of benzene rings is 1. The van der Waals surface area contributed by atoms with Crippen LogP contribution in [-0.2, 0) is 11.2 Å². The summed E-state index contributed by atoms with van der Waals surface area (Å²) in [7, 11) is 0. The Morgan fingerprint density at radius 2 is 2.15 bits per heavy atom. The molecule has 1 aliphatic rings. The minimum atomic E-state index is -0.861. The van der Waals surface area contributed by atoms with Crippen molar-refractivity contribution in [2.24, 2.45) is 0 Å². The summed E-state index contributed by atoms with van der Waals surface area (Å²) in [6.07, 6.45) is 4.63. The Bertz CT molecular complexity index is 939. The molecule has 1 aromatic carbocycles. The third-order valence-electron chi connectivity index (χ3n) is 4.96. The molecular weight excluding hydrogens is 350 g/mol. The van der Waals surface area contributed by atoms with E-state index in [1.165, 1.54) is 6.07 Å². The van der Waals surface area contributed by atoms with Crippen molar-refractivity contribution in [1.82, 2.24) is 20.0 Å². The number of carbonyl (C=O) groups is 1. The van der Waals surface area contributed by atoms with Gasteiger partial charge in [0.15, 0.2) is 11.6 Å². The second-order valence-corrected chi connectivity index (χ2v) is 6.82. The fourth-order valence-corrected chi connectivity index (χ4v) is 3.65. The van der Waals surface area contributed by atoms with Gasteiger partial charge in [-0.1, -0.05) is 12.1 Å². The van der Waals surface area contributed by atoms with Gasteiger partial charge in [0, 0.05) is 30.9 Å². The van der Waals surface area contributed by atoms with E-state index in [-0.39, 0.29) is 24.3 Å². The molecule has 0 bridgehead atoms. The van der Waals surface area contributed by atoms with Crippen molar-refractivity contribution in [2.45, 2.75) is 24.8 Å². The first-order valence-corrected chi connectivity index (χ1v) is 8.98. The van der Waals surface area contributed by atoms with Gasteiger partial charge < -0.3 is 15.0 Å². The highest BCUT2D eigenvalue weighted by Gasteiger charge is 2.28. The number of hydrogen-bond acceptors (Lipinski definition) is 3. The van der Waals surface area contributed by atoms with Crippen LogP contribution in [-0.4, -0.2) is 34.4 Å². The van der Waals surface area contributed by atoms with E-state index in [0.717, 1.165) is 24.7 Å². The highest BCUT2D eigenvalue weighted by atomic mass is 19.2. The number of halogens is 2. The summed E-state index contributed by atoms with van der Waals surface area (Å²) < 4.78 is 28.7. The summed E-state index contributed by atoms with van der Waals surface area (Å²) in [5, 5.41) is 6.28. The smallest absolute Gasteiger partial charge is 0.226 e. The monoisotopic (exact) mass is 370 g/mol. The van der Waals surface area contributed by atoms with Gasteiger partial charge in [-0.15, -0.1) is 0 Å². The number of carbonyl (C=O) groups excluding carboxylic acids is 1. The van der Waals surface area contributed by atoms with Crippen LogP contribution in [0.2, 0.25) is 0 Å². The van der Waals surface area contributed by atoms with E-state index in [1.54, 1.807) is 6.07 Å². The quantitative estimate of drug-likeness (QED) is 0.742. The highest BCUT2D eigenvalue weighted by Crippen LogP contribution is 2.27. The molecule has 0 radical (unpaired) electrons. The normalized spacial score (nSPS) is 19.9. The maximum atomic E-state index is 13.6. The Morgan fingerprint density at radius 3 is 2.96 bits per heavy atom. The Balaban J connectivity index is 1.47. The van der Waals surface area contributed by atoms with E-state index in [0.29, 0.717) is 17.8 Å². The largest absolute Gasteiger partial charge is 0.351 e. The predicted octanol–water partition coefficient (Wildman–Crippen LogP) is 2.42. The van der Waals surface area contributed by atoms with E-state index >= 15 is 0 Å². The molecular formula is C20H20F2N4O. The van der Waals surface area contributed by atoms with Crippen LogP contribution in [0.3, 0.4) is 0 Å². The van der Waals surface area contributed by atoms with E-state index in [2.05, 4.69) is 15.6 Å². The van der Waals surface area contributed by atoms with Crippen molar-refractivity contribution in [3.63, 3.8) is 0 Å². The van der Waals surface area contributed by atoms with Crippen molar-refractivity contribution in [3.8, 4) is 0 Å². The maximum Gasteiger partial charge on any atom is 0.226 e. The maximum absolute atomic E-state index is 13.6. The Hall–Kier alpha value is -2.80. The molecule has 3 heterocycles. The van der Waals surface area contributed by atoms with Gasteiger partial charge in [-0.05, 0) is 42.8 Å². The minimum Gasteiger partial charge on any atom is -0.351 e. The van der Waals surface area contributed by atoms with Gasteiger partial charge in [0.05, 0.1) is 12.1 Å². The molecule has 1 fully saturated rings. The van der Waals surface area contributed by atoms with Gasteiger partial charge in [-0.25, -0.2) is 13.8 Å². The number of aromatic nitrogens is 2. The Labute approximate surface area is 155 Å². The number of nitrogens with one attached hydrogen (secondary N) is 2. The van der Waals surface area contributed by atoms with Crippen molar-refractivity contribution >= 4 is 11.6 Å². The zero-order chi connectivity index (χ0) is 18.8. The van der Waals surface area contributed by atoms with E-state index in [4.69, 9.17) is 0 Å². The lowest BCUT2D eigenvalue weighted by Crippen LogP contribution is -2.50. The second kappa shape index (κ2) is 7.44. The number of hydrogen-bond donors (Lipinski definition) is 2. The van der Waals surface area contributed by atoms with Gasteiger partial charge in [-0.2, -0.15) is 0 Å². The molecule has 1 saturated heterocycles. The molecule has 2 N–H and O–H groups in total. The first kappa shape index (κ1) is 17.6. The fraction of sp³-hybridized carbons (Fsp3) is 0.300. The molecule has 5 nitrogen and oxygen atoms in total. The summed E-state index contributed by atoms with van der Waals surface area (Å²) in [5.41, 5.74) is 2.18. The molecule has 4 rings (SSSR count). The average molecular weight is 370 g/mol. The van der Waals surface area contributed by atoms with Crippen molar-refractivity contribution < 1.29 is 13.6 Å². The number of imidazole rings is 1. The van der Waals surface area contributed by atoms with Crippen LogP contribution in [0, 0.1) is 11.6 Å². The number of piperidine rings is 1. The van der Waals surface area contributed by atoms with E-state index in [9.17, 15) is 13.6 Å². The fourth-order valence-electron chi connectivity index (χ4n) is 3.65. The van der Waals surface area contributed by atoms with Crippen molar-refractivity contribution in [2.75, 3.05) is 13.1 Å². The van der Waals surface area contributed by atoms with Crippen LogP contribution in [0.4, 0.5) is 8.78 Å². The lowest BCUT2D eigenvalue weighted by atomic mass is 9.86. The molecule has 27 heavy (non-hydrogen) atoms. The topological polar surface area (TPSA) is 58.4 Å². The SMILES string of the molecule is O=C(Cc1cn2ccccc2n1)NC1CNCCC1c1ccc(F)c(F)c1. The van der Waals surface area contributed by atoms with Crippen LogP contribution in [0.25, 0.3) is 5.65 Å². The molecule has 2 aromatic heterocycles. The average Bonchev–Trinajstić information content (AvgIpc) is 3.06. The van der Waals surface area contributed by atoms with Gasteiger partial charge >= 0.3 is 0 Å². The lowest BCUT2D eigenvalue weighted by Gasteiger charge is -2.33. The van der Waals surface area contributed by atoms with Crippen LogP contribution in [0.5, 0.6) is 0 Å². The Kier molecular flexibility index (Phi) is 4.85. The van der Waals surface area contributed by atoms with Gasteiger partial charge in [0.2, 0.25) is 5.91 Å². The zero-order valence-electron chi connectivity index (χ0n) is 14.7. The molecule has 7 heteroatoms. The summed E-state index contributed by atoms with van der Waals surface area (Å²) in [4.78, 5) is 17.0. The molecule has 3 aromatic rings. The molecule has 0 spiro atoms. The van der Waals surface area contributed by atoms with Crippen LogP contribution < -0.4 is 10.6 Å². The van der Waals surface area contributed by atoms with Crippen LogP contribution in [0.15, 0.2) is 48.8 Å². The van der Waals surface area contributed by atoms with Crippen molar-refractivity contribution in [3.05, 3.63) is 71.7 Å². The number of pyridine rings is 1. The zero-order valence-corrected chi connectivity index (χ0v) is 14.7. The third kappa shape index (κ3) is 3.83. The second-order valence-electron chi connectivity index (χ2n) is 6.82. The van der Waals surface area contributed by atoms with Crippen molar-refractivity contribution in [1.29, 1.82) is 0 Å². The Morgan fingerprint density at radius 1 is 1.26 bits per heavy atom. The molecule has 1 aliphatic heterocycles. The van der Waals surface area contributed by atoms with Crippen LogP contribution in [0.1, 0.15) is 23.6 Å². The third-order valence-corrected chi connectivity index (χ3v) is 4.96. The predicted molar refractivity (Wildman–Crippen MR) is 97.4 cm³/mol. The molecule has 0 aliphatic carbocycles. The first-order chi connectivity index (χ1) is 13.1. The summed E-state index contributed by atoms with van der Waals surface area (Å²) in [6, 6.07) is 9.45. The van der Waals surface area contributed by atoms with E-state index < -0.39 is 11.6 Å². The number of fused-ring (bicyclic) bond motifs is 1. The lowest BCUT2D eigenvalue weighted by molar-refractivity contribution is -0.121. The standard InChI is InChI=1S/C20H20F2N4O/c21-16-5-4-13(9-17(16)22)15-6-7-23-11-18(15)25-20(27)10-14-12-26-8-2-1-3-19(26)24-14/h1-5,8-9,12,15,18,23H,6-7,10-11H2,(H,25,27). The summed E-state index contributed by atoms with van der Waals surface area (Å²) in [6.45, 7) is 1.35. The van der Waals surface area contributed by atoms with Gasteiger partial charge in [0.1, 0.15) is 5.65 Å². The molecule has 140 valence electrons. The molecule has 2 unspecified atom stereocenters. The first-order valence-electron chi connectivity index (χ1n) is 8.98. The summed E-state index contributed by atoms with van der Waals surface area (Å²) >= 11 is 0. The molecule has 0 saturated carbocycles. The minimum absolute atomic E-state index is 0.0635. The molecule has 2 atom stereocenters. The highest BCUT2D eigenvalue weighted by molar-refractivity contribution is 5.78.